The van der Waals surface area contributed by atoms with Crippen LogP contribution in [0.3, 0.4) is 0 Å². The molecule has 37 heavy (non-hydrogen) atoms. The maximum Gasteiger partial charge on any atom is 0.337 e. The van der Waals surface area contributed by atoms with Gasteiger partial charge in [0.25, 0.3) is 5.91 Å². The summed E-state index contributed by atoms with van der Waals surface area (Å²) >= 11 is 0. The van der Waals surface area contributed by atoms with Crippen molar-refractivity contribution in [3.8, 4) is 23.3 Å². The van der Waals surface area contributed by atoms with E-state index in [1.54, 1.807) is 54.6 Å². The molecular weight excluding hydrogens is 472 g/mol. The molecule has 0 saturated carbocycles. The topological polar surface area (TPSA) is 138 Å². The predicted molar refractivity (Wildman–Crippen MR) is 135 cm³/mol. The van der Waals surface area contributed by atoms with Crippen LogP contribution in [0.15, 0.2) is 73.2 Å². The summed E-state index contributed by atoms with van der Waals surface area (Å²) in [6.45, 7) is 1.87. The van der Waals surface area contributed by atoms with Gasteiger partial charge >= 0.3 is 5.97 Å². The fourth-order valence-corrected chi connectivity index (χ4v) is 3.96. The molecule has 0 fully saturated rings. The van der Waals surface area contributed by atoms with E-state index in [0.29, 0.717) is 39.3 Å². The Bertz CT molecular complexity index is 1730. The first kappa shape index (κ1) is 23.3. The first-order valence-electron chi connectivity index (χ1n) is 11.1. The largest absolute Gasteiger partial charge is 0.465 e. The normalized spacial score (nSPS) is 10.7. The fourth-order valence-electron chi connectivity index (χ4n) is 3.96. The number of benzene rings is 3. The van der Waals surface area contributed by atoms with E-state index in [9.17, 15) is 9.59 Å². The Morgan fingerprint density at radius 1 is 1.05 bits per heavy atom. The van der Waals surface area contributed by atoms with Crippen molar-refractivity contribution in [2.75, 3.05) is 12.8 Å². The number of ether oxygens (including phenoxy) is 2. The number of nitriles is 1. The summed E-state index contributed by atoms with van der Waals surface area (Å²) in [6.07, 6.45) is 2.78. The minimum Gasteiger partial charge on any atom is -0.465 e. The lowest BCUT2D eigenvalue weighted by atomic mass is 10.2. The third-order valence-corrected chi connectivity index (χ3v) is 5.82. The first-order chi connectivity index (χ1) is 17.9. The lowest BCUT2D eigenvalue weighted by Gasteiger charge is -2.12. The molecule has 182 valence electrons. The molecule has 0 bridgehead atoms. The SMILES string of the molecule is COC(=O)c1ccc2c(c1)ncn2C(=O)c1cnn(-c2ccc(Oc3cccc(C#N)c3)cc2C)c1N. The molecule has 0 radical (unpaired) electrons. The Kier molecular flexibility index (Phi) is 5.87. The van der Waals surface area contributed by atoms with Crippen molar-refractivity contribution in [2.45, 2.75) is 6.92 Å². The van der Waals surface area contributed by atoms with Crippen molar-refractivity contribution < 1.29 is 19.1 Å². The number of esters is 1. The van der Waals surface area contributed by atoms with Crippen molar-refractivity contribution in [1.29, 1.82) is 5.26 Å². The molecule has 2 aromatic heterocycles. The molecule has 2 heterocycles. The number of anilines is 1. The van der Waals surface area contributed by atoms with Crippen LogP contribution >= 0.6 is 0 Å². The van der Waals surface area contributed by atoms with Crippen LogP contribution in [0.4, 0.5) is 5.82 Å². The molecule has 0 aliphatic carbocycles. The molecule has 0 amide bonds. The zero-order valence-electron chi connectivity index (χ0n) is 19.9. The molecule has 0 spiro atoms. The number of aryl methyl sites for hydroxylation is 1. The summed E-state index contributed by atoms with van der Waals surface area (Å²) in [6, 6.07) is 19.1. The summed E-state index contributed by atoms with van der Waals surface area (Å²) in [5.41, 5.74) is 9.86. The van der Waals surface area contributed by atoms with Gasteiger partial charge in [-0.3, -0.25) is 9.36 Å². The molecule has 0 aliphatic rings. The van der Waals surface area contributed by atoms with E-state index in [-0.39, 0.29) is 11.4 Å². The number of nitrogens with zero attached hydrogens (tertiary/aromatic N) is 5. The second kappa shape index (κ2) is 9.31. The van der Waals surface area contributed by atoms with Gasteiger partial charge in [-0.25, -0.2) is 14.5 Å². The Hall–Kier alpha value is -5.43. The number of fused-ring (bicyclic) bond motifs is 1. The molecular formula is C27H20N6O4. The van der Waals surface area contributed by atoms with Gasteiger partial charge < -0.3 is 15.2 Å². The molecule has 5 rings (SSSR count). The Balaban J connectivity index is 1.42. The average Bonchev–Trinajstić information content (AvgIpc) is 3.51. The maximum absolute atomic E-state index is 13.3. The van der Waals surface area contributed by atoms with Crippen LogP contribution in [0, 0.1) is 18.3 Å². The number of hydrogen-bond donors (Lipinski definition) is 1. The molecule has 5 aromatic rings. The van der Waals surface area contributed by atoms with E-state index in [2.05, 4.69) is 16.2 Å². The van der Waals surface area contributed by atoms with Crippen LogP contribution in [0.5, 0.6) is 11.5 Å². The third kappa shape index (κ3) is 4.26. The number of imidazole rings is 1. The van der Waals surface area contributed by atoms with Gasteiger partial charge in [-0.15, -0.1) is 0 Å². The molecule has 0 unspecified atom stereocenters. The highest BCUT2D eigenvalue weighted by Gasteiger charge is 2.21. The van der Waals surface area contributed by atoms with Gasteiger partial charge in [0.15, 0.2) is 0 Å². The molecule has 10 heteroatoms. The van der Waals surface area contributed by atoms with E-state index in [1.165, 1.54) is 28.9 Å². The quantitative estimate of drug-likeness (QED) is 0.359. The van der Waals surface area contributed by atoms with Crippen LogP contribution in [0.2, 0.25) is 0 Å². The van der Waals surface area contributed by atoms with Crippen LogP contribution in [-0.2, 0) is 4.74 Å². The molecule has 3 aromatic carbocycles. The highest BCUT2D eigenvalue weighted by Crippen LogP contribution is 2.28. The first-order valence-corrected chi connectivity index (χ1v) is 11.1. The van der Waals surface area contributed by atoms with Crippen LogP contribution in [0.25, 0.3) is 16.7 Å². The number of nitrogen functional groups attached to an aromatic ring is 1. The van der Waals surface area contributed by atoms with E-state index < -0.39 is 11.9 Å². The zero-order chi connectivity index (χ0) is 26.1. The zero-order valence-corrected chi connectivity index (χ0v) is 19.9. The maximum atomic E-state index is 13.3. The van der Waals surface area contributed by atoms with Crippen LogP contribution < -0.4 is 10.5 Å². The highest BCUT2D eigenvalue weighted by molar-refractivity contribution is 6.05. The number of carbonyl (C=O) groups excluding carboxylic acids is 2. The summed E-state index contributed by atoms with van der Waals surface area (Å²) < 4.78 is 13.5. The number of aromatic nitrogens is 4. The molecule has 10 nitrogen and oxygen atoms in total. The Labute approximate surface area is 211 Å². The van der Waals surface area contributed by atoms with Crippen LogP contribution in [-0.4, -0.2) is 38.3 Å². The van der Waals surface area contributed by atoms with Gasteiger partial charge in [0, 0.05) is 0 Å². The Morgan fingerprint density at radius 3 is 2.62 bits per heavy atom. The predicted octanol–water partition coefficient (Wildman–Crippen LogP) is 4.25. The minimum absolute atomic E-state index is 0.163. The lowest BCUT2D eigenvalue weighted by Crippen LogP contribution is -2.13. The highest BCUT2D eigenvalue weighted by atomic mass is 16.5. The fraction of sp³-hybridized carbons (Fsp3) is 0.0741. The Morgan fingerprint density at radius 2 is 1.86 bits per heavy atom. The second-order valence-electron chi connectivity index (χ2n) is 8.16. The monoisotopic (exact) mass is 492 g/mol. The molecule has 0 atom stereocenters. The number of methoxy groups -OCH3 is 1. The van der Waals surface area contributed by atoms with E-state index in [4.69, 9.17) is 20.5 Å². The third-order valence-electron chi connectivity index (χ3n) is 5.82. The second-order valence-corrected chi connectivity index (χ2v) is 8.16. The van der Waals surface area contributed by atoms with Crippen molar-refractivity contribution >= 4 is 28.7 Å². The summed E-state index contributed by atoms with van der Waals surface area (Å²) in [5, 5.41) is 13.4. The summed E-state index contributed by atoms with van der Waals surface area (Å²) in [5.74, 6) is 0.387. The number of nitrogens with two attached hydrogens (primary N) is 1. The van der Waals surface area contributed by atoms with Gasteiger partial charge in [0.05, 0.1) is 47.2 Å². The molecule has 0 saturated heterocycles. The molecule has 0 aliphatic heterocycles. The van der Waals surface area contributed by atoms with E-state index >= 15 is 0 Å². The van der Waals surface area contributed by atoms with Crippen molar-refractivity contribution in [3.05, 3.63) is 95.4 Å². The summed E-state index contributed by atoms with van der Waals surface area (Å²) in [7, 11) is 1.30. The lowest BCUT2D eigenvalue weighted by molar-refractivity contribution is 0.0600. The van der Waals surface area contributed by atoms with Crippen molar-refractivity contribution in [3.63, 3.8) is 0 Å². The van der Waals surface area contributed by atoms with E-state index in [1.807, 2.05) is 13.0 Å². The number of carbonyl (C=O) groups is 2. The van der Waals surface area contributed by atoms with Gasteiger partial charge in [-0.2, -0.15) is 10.4 Å². The van der Waals surface area contributed by atoms with Gasteiger partial charge in [-0.1, -0.05) is 6.07 Å². The van der Waals surface area contributed by atoms with Crippen LogP contribution in [0.1, 0.15) is 31.8 Å². The number of rotatable bonds is 5. The van der Waals surface area contributed by atoms with Crippen molar-refractivity contribution in [1.82, 2.24) is 19.3 Å². The minimum atomic E-state index is -0.490. The van der Waals surface area contributed by atoms with Crippen molar-refractivity contribution in [2.24, 2.45) is 0 Å². The smallest absolute Gasteiger partial charge is 0.337 e. The van der Waals surface area contributed by atoms with E-state index in [0.717, 1.165) is 5.56 Å². The van der Waals surface area contributed by atoms with Gasteiger partial charge in [0.1, 0.15) is 29.2 Å². The average molecular weight is 492 g/mol. The van der Waals surface area contributed by atoms with Gasteiger partial charge in [0.2, 0.25) is 0 Å². The summed E-state index contributed by atoms with van der Waals surface area (Å²) in [4.78, 5) is 29.3. The standard InChI is InChI=1S/C27H20N6O4/c1-16-10-20(37-19-5-3-4-17(11-19)13-28)7-9-23(16)33-25(29)21(14-31-33)26(34)32-15-30-22-12-18(27(35)36-2)6-8-24(22)32/h3-12,14-15H,29H2,1-2H3. The van der Waals surface area contributed by atoms with Gasteiger partial charge in [-0.05, 0) is 67.1 Å². The molecule has 2 N–H and O–H groups in total. The number of hydrogen-bond acceptors (Lipinski definition) is 8.